The summed E-state index contributed by atoms with van der Waals surface area (Å²) in [5.74, 6) is 1.20. The number of aryl methyl sites for hydroxylation is 1. The summed E-state index contributed by atoms with van der Waals surface area (Å²) in [6, 6.07) is 7.00. The molecule has 1 N–H and O–H groups in total. The number of carbonyl (C=O) groups is 1. The molecule has 1 atom stereocenters. The number of amides is 1. The molecule has 0 bridgehead atoms. The van der Waals surface area contributed by atoms with Crippen LogP contribution in [0.1, 0.15) is 40.9 Å². The van der Waals surface area contributed by atoms with Crippen LogP contribution in [-0.2, 0) is 22.6 Å². The monoisotopic (exact) mass is 447 g/mol. The summed E-state index contributed by atoms with van der Waals surface area (Å²) < 4.78 is 24.4. The number of ether oxygens (including phenoxy) is 2. The molecule has 0 radical (unpaired) electrons. The van der Waals surface area contributed by atoms with Crippen molar-refractivity contribution in [3.63, 3.8) is 0 Å². The Morgan fingerprint density at radius 3 is 2.94 bits per heavy atom. The lowest BCUT2D eigenvalue weighted by Crippen LogP contribution is -2.44. The number of anilines is 1. The third-order valence-electron chi connectivity index (χ3n) is 5.20. The van der Waals surface area contributed by atoms with Gasteiger partial charge in [-0.1, -0.05) is 13.0 Å². The molecule has 1 aliphatic rings. The first-order chi connectivity index (χ1) is 14.9. The number of hydrogen-bond acceptors (Lipinski definition) is 6. The number of nitrogens with zero attached hydrogens (tertiary/aromatic N) is 2. The third-order valence-corrected chi connectivity index (χ3v) is 6.06. The first kappa shape index (κ1) is 23.5. The first-order valence-corrected chi connectivity index (χ1v) is 11.5. The highest BCUT2D eigenvalue weighted by Gasteiger charge is 2.24. The zero-order chi connectivity index (χ0) is 22.4. The van der Waals surface area contributed by atoms with E-state index < -0.39 is 0 Å². The molecule has 8 heteroatoms. The van der Waals surface area contributed by atoms with Gasteiger partial charge in [0.2, 0.25) is 0 Å². The number of rotatable bonds is 8. The zero-order valence-electron chi connectivity index (χ0n) is 18.5. The smallest absolute Gasteiger partial charge is 0.254 e. The summed E-state index contributed by atoms with van der Waals surface area (Å²) in [7, 11) is 1.53. The second-order valence-electron chi connectivity index (χ2n) is 7.57. The molecule has 6 nitrogen and oxygen atoms in total. The van der Waals surface area contributed by atoms with Crippen LogP contribution >= 0.6 is 11.8 Å². The van der Waals surface area contributed by atoms with Gasteiger partial charge in [-0.3, -0.25) is 4.79 Å². The van der Waals surface area contributed by atoms with E-state index in [0.717, 1.165) is 34.3 Å². The number of carbonyl (C=O) groups excluding carboxylic acids is 1. The summed E-state index contributed by atoms with van der Waals surface area (Å²) in [5, 5.41) is 3.69. The van der Waals surface area contributed by atoms with Gasteiger partial charge in [-0.25, -0.2) is 9.37 Å². The predicted molar refractivity (Wildman–Crippen MR) is 121 cm³/mol. The standard InChI is InChI=1S/C23H30FN3O3S/c1-5-31-23-21(15(2)10-20(26-23)27-8-9-30-13-16(27)3)22(28)25-12-17-6-7-19(24)18(11-17)14-29-4/h6-7,10-11,16H,5,8-9,12-14H2,1-4H3,(H,25,28)/t16-/m1/s1. The van der Waals surface area contributed by atoms with Crippen LogP contribution in [0.25, 0.3) is 0 Å². The van der Waals surface area contributed by atoms with Crippen LogP contribution < -0.4 is 10.2 Å². The predicted octanol–water partition coefficient (Wildman–Crippen LogP) is 3.94. The quantitative estimate of drug-likeness (QED) is 0.619. The molecule has 0 spiro atoms. The number of aromatic nitrogens is 1. The van der Waals surface area contributed by atoms with Crippen LogP contribution in [0.3, 0.4) is 0 Å². The minimum atomic E-state index is -0.313. The zero-order valence-corrected chi connectivity index (χ0v) is 19.4. The number of nitrogens with one attached hydrogen (secondary N) is 1. The lowest BCUT2D eigenvalue weighted by Gasteiger charge is -2.34. The normalized spacial score (nSPS) is 16.4. The third kappa shape index (κ3) is 5.75. The van der Waals surface area contributed by atoms with Crippen molar-refractivity contribution < 1.29 is 18.7 Å². The largest absolute Gasteiger partial charge is 0.380 e. The molecular weight excluding hydrogens is 417 g/mol. The van der Waals surface area contributed by atoms with E-state index in [9.17, 15) is 9.18 Å². The molecule has 0 saturated carbocycles. The Kier molecular flexibility index (Phi) is 8.28. The average molecular weight is 448 g/mol. The van der Waals surface area contributed by atoms with Crippen LogP contribution in [0.5, 0.6) is 0 Å². The topological polar surface area (TPSA) is 63.7 Å². The molecule has 1 aliphatic heterocycles. The number of hydrogen-bond donors (Lipinski definition) is 1. The lowest BCUT2D eigenvalue weighted by atomic mass is 10.1. The van der Waals surface area contributed by atoms with E-state index in [1.807, 2.05) is 19.9 Å². The van der Waals surface area contributed by atoms with Crippen molar-refractivity contribution in [3.8, 4) is 0 Å². The van der Waals surface area contributed by atoms with E-state index in [1.165, 1.54) is 13.2 Å². The van der Waals surface area contributed by atoms with E-state index in [0.29, 0.717) is 30.9 Å². The van der Waals surface area contributed by atoms with Gasteiger partial charge in [0.1, 0.15) is 16.7 Å². The molecule has 1 aromatic heterocycles. The minimum absolute atomic E-state index is 0.180. The van der Waals surface area contributed by atoms with Gasteiger partial charge in [-0.2, -0.15) is 0 Å². The Morgan fingerprint density at radius 2 is 2.23 bits per heavy atom. The fraction of sp³-hybridized carbons (Fsp3) is 0.478. The van der Waals surface area contributed by atoms with Crippen molar-refractivity contribution in [2.45, 2.75) is 45.0 Å². The van der Waals surface area contributed by atoms with Crippen molar-refractivity contribution in [1.29, 1.82) is 0 Å². The van der Waals surface area contributed by atoms with Gasteiger partial charge in [0, 0.05) is 25.8 Å². The first-order valence-electron chi connectivity index (χ1n) is 10.5. The van der Waals surface area contributed by atoms with Crippen molar-refractivity contribution >= 4 is 23.5 Å². The summed E-state index contributed by atoms with van der Waals surface area (Å²) >= 11 is 1.56. The van der Waals surface area contributed by atoms with Crippen LogP contribution in [-0.4, -0.2) is 49.6 Å². The van der Waals surface area contributed by atoms with Crippen molar-refractivity contribution in [3.05, 3.63) is 52.3 Å². The molecule has 1 saturated heterocycles. The number of morpholine rings is 1. The highest BCUT2D eigenvalue weighted by atomic mass is 32.2. The molecule has 1 fully saturated rings. The number of pyridine rings is 1. The Hall–Kier alpha value is -2.16. The second-order valence-corrected chi connectivity index (χ2v) is 8.82. The lowest BCUT2D eigenvalue weighted by molar-refractivity contribution is 0.0945. The molecule has 0 aliphatic carbocycles. The molecule has 1 amide bonds. The summed E-state index contributed by atoms with van der Waals surface area (Å²) in [6.07, 6.45) is 0. The van der Waals surface area contributed by atoms with Gasteiger partial charge in [-0.05, 0) is 48.9 Å². The summed E-state index contributed by atoms with van der Waals surface area (Å²) in [4.78, 5) is 20.1. The molecular formula is C23H30FN3O3S. The Balaban J connectivity index is 1.80. The fourth-order valence-electron chi connectivity index (χ4n) is 3.63. The van der Waals surface area contributed by atoms with E-state index >= 15 is 0 Å². The van der Waals surface area contributed by atoms with Crippen molar-refractivity contribution in [2.24, 2.45) is 0 Å². The molecule has 168 valence electrons. The van der Waals surface area contributed by atoms with E-state index in [2.05, 4.69) is 17.1 Å². The Morgan fingerprint density at radius 1 is 1.42 bits per heavy atom. The van der Waals surface area contributed by atoms with Crippen LogP contribution in [0.4, 0.5) is 10.2 Å². The number of methoxy groups -OCH3 is 1. The maximum Gasteiger partial charge on any atom is 0.254 e. The average Bonchev–Trinajstić information content (AvgIpc) is 2.74. The van der Waals surface area contributed by atoms with Crippen molar-refractivity contribution in [2.75, 3.05) is 37.5 Å². The van der Waals surface area contributed by atoms with Gasteiger partial charge < -0.3 is 19.7 Å². The maximum absolute atomic E-state index is 13.8. The number of benzene rings is 1. The van der Waals surface area contributed by atoms with E-state index in [1.54, 1.807) is 23.9 Å². The molecule has 3 rings (SSSR count). The summed E-state index contributed by atoms with van der Waals surface area (Å²) in [5.41, 5.74) is 2.77. The van der Waals surface area contributed by atoms with Gasteiger partial charge in [0.05, 0.1) is 31.4 Å². The molecule has 0 unspecified atom stereocenters. The highest BCUT2D eigenvalue weighted by molar-refractivity contribution is 7.99. The molecule has 1 aromatic carbocycles. The van der Waals surface area contributed by atoms with Crippen LogP contribution in [0, 0.1) is 12.7 Å². The number of halogens is 1. The molecule has 31 heavy (non-hydrogen) atoms. The SMILES string of the molecule is CCSc1nc(N2CCOC[C@H]2C)cc(C)c1C(=O)NCc1ccc(F)c(COC)c1. The Bertz CT molecular complexity index is 925. The van der Waals surface area contributed by atoms with Crippen LogP contribution in [0.2, 0.25) is 0 Å². The van der Waals surface area contributed by atoms with Crippen molar-refractivity contribution in [1.82, 2.24) is 10.3 Å². The summed E-state index contributed by atoms with van der Waals surface area (Å²) in [6.45, 7) is 8.72. The van der Waals surface area contributed by atoms with Gasteiger partial charge >= 0.3 is 0 Å². The highest BCUT2D eigenvalue weighted by Crippen LogP contribution is 2.29. The van der Waals surface area contributed by atoms with E-state index in [4.69, 9.17) is 14.5 Å². The van der Waals surface area contributed by atoms with Gasteiger partial charge in [0.15, 0.2) is 0 Å². The van der Waals surface area contributed by atoms with Gasteiger partial charge in [-0.15, -0.1) is 11.8 Å². The van der Waals surface area contributed by atoms with Gasteiger partial charge in [0.25, 0.3) is 5.91 Å². The molecule has 2 aromatic rings. The Labute approximate surface area is 187 Å². The maximum atomic E-state index is 13.8. The fourth-order valence-corrected chi connectivity index (χ4v) is 4.46. The van der Waals surface area contributed by atoms with Crippen LogP contribution in [0.15, 0.2) is 29.3 Å². The second kappa shape index (κ2) is 10.9. The minimum Gasteiger partial charge on any atom is -0.380 e. The van der Waals surface area contributed by atoms with E-state index in [-0.39, 0.29) is 24.4 Å². The number of thioether (sulfide) groups is 1. The molecule has 2 heterocycles.